The summed E-state index contributed by atoms with van der Waals surface area (Å²) in [5.74, 6) is 1.07. The van der Waals surface area contributed by atoms with Crippen molar-refractivity contribution in [2.75, 3.05) is 25.1 Å². The Morgan fingerprint density at radius 2 is 1.91 bits per heavy atom. The zero-order chi connectivity index (χ0) is 22.8. The summed E-state index contributed by atoms with van der Waals surface area (Å²) in [6.45, 7) is 0.409. The largest absolute Gasteiger partial charge is 0.489 e. The third kappa shape index (κ3) is 4.25. The number of nitrogens with one attached hydrogen (secondary N) is 1. The molecule has 0 aliphatic carbocycles. The van der Waals surface area contributed by atoms with E-state index in [-0.39, 0.29) is 18.2 Å². The molecule has 9 heteroatoms. The van der Waals surface area contributed by atoms with Crippen molar-refractivity contribution in [3.63, 3.8) is 0 Å². The Labute approximate surface area is 189 Å². The van der Waals surface area contributed by atoms with Gasteiger partial charge in [0.2, 0.25) is 0 Å². The first-order valence-corrected chi connectivity index (χ1v) is 10.5. The first kappa shape index (κ1) is 20.6. The maximum absolute atomic E-state index is 13.1. The van der Waals surface area contributed by atoms with E-state index in [2.05, 4.69) is 20.3 Å². The lowest BCUT2D eigenvalue weighted by atomic mass is 10.1. The number of fused-ring (bicyclic) bond motifs is 2. The van der Waals surface area contributed by atoms with Gasteiger partial charge in [0.05, 0.1) is 16.7 Å². The minimum absolute atomic E-state index is 0.0158. The number of anilines is 1. The van der Waals surface area contributed by atoms with E-state index in [1.54, 1.807) is 37.7 Å². The molecule has 0 radical (unpaired) electrons. The summed E-state index contributed by atoms with van der Waals surface area (Å²) >= 11 is 0. The molecule has 2 aromatic carbocycles. The molecule has 9 nitrogen and oxygen atoms in total. The number of amides is 2. The Balaban J connectivity index is 1.32. The lowest BCUT2D eigenvalue weighted by Gasteiger charge is -2.21. The van der Waals surface area contributed by atoms with Crippen LogP contribution in [0.25, 0.3) is 11.0 Å². The van der Waals surface area contributed by atoms with Gasteiger partial charge in [-0.2, -0.15) is 0 Å². The minimum atomic E-state index is -0.879. The number of hydrogen-bond donors (Lipinski definition) is 1. The topological polar surface area (TPSA) is 106 Å². The van der Waals surface area contributed by atoms with E-state index in [1.165, 1.54) is 4.90 Å². The summed E-state index contributed by atoms with van der Waals surface area (Å²) in [5, 5.41) is 2.75. The van der Waals surface area contributed by atoms with E-state index in [4.69, 9.17) is 9.47 Å². The number of aromatic nitrogens is 2. The van der Waals surface area contributed by atoms with E-state index < -0.39 is 11.9 Å². The smallest absolute Gasteiger partial charge is 0.270 e. The second-order valence-corrected chi connectivity index (χ2v) is 7.64. The van der Waals surface area contributed by atoms with Crippen LogP contribution in [0, 0.1) is 0 Å². The van der Waals surface area contributed by atoms with Gasteiger partial charge < -0.3 is 19.7 Å². The molecule has 3 heterocycles. The standard InChI is InChI=1S/C24H21N5O4/c1-29-21-12-17-18(27-10-9-26-17)13-22(21)32-14-20(24(29)31)28-23(30)19-11-16(7-8-25-19)33-15-5-3-2-4-6-15/h2-6,9-13,20H,7-8,14H2,1H3,(H,28,30). The Morgan fingerprint density at radius 3 is 2.70 bits per heavy atom. The number of likely N-dealkylation sites (N-methyl/N-ethyl adjacent to an activating group) is 1. The van der Waals surface area contributed by atoms with E-state index in [0.29, 0.717) is 46.9 Å². The molecule has 1 atom stereocenters. The van der Waals surface area contributed by atoms with Gasteiger partial charge >= 0.3 is 0 Å². The molecule has 1 unspecified atom stereocenters. The predicted molar refractivity (Wildman–Crippen MR) is 122 cm³/mol. The first-order valence-electron chi connectivity index (χ1n) is 10.5. The van der Waals surface area contributed by atoms with Crippen molar-refractivity contribution in [1.82, 2.24) is 15.3 Å². The molecule has 0 saturated heterocycles. The number of nitrogens with zero attached hydrogens (tertiary/aromatic N) is 4. The Bertz CT molecular complexity index is 1290. The van der Waals surface area contributed by atoms with Gasteiger partial charge in [-0.05, 0) is 18.2 Å². The van der Waals surface area contributed by atoms with Gasteiger partial charge in [-0.25, -0.2) is 0 Å². The molecular formula is C24H21N5O4. The van der Waals surface area contributed by atoms with Crippen LogP contribution in [0.1, 0.15) is 6.42 Å². The average Bonchev–Trinajstić information content (AvgIpc) is 2.95. The van der Waals surface area contributed by atoms with Crippen LogP contribution >= 0.6 is 0 Å². The predicted octanol–water partition coefficient (Wildman–Crippen LogP) is 2.28. The number of ether oxygens (including phenoxy) is 2. The van der Waals surface area contributed by atoms with Gasteiger partial charge in [0, 0.05) is 44.5 Å². The Kier molecular flexibility index (Phi) is 5.43. The molecule has 1 aromatic heterocycles. The molecule has 0 bridgehead atoms. The molecule has 3 aromatic rings. The molecule has 5 rings (SSSR count). The maximum Gasteiger partial charge on any atom is 0.270 e. The van der Waals surface area contributed by atoms with Gasteiger partial charge in [-0.1, -0.05) is 18.2 Å². The summed E-state index contributed by atoms with van der Waals surface area (Å²) in [7, 11) is 1.64. The molecule has 0 fully saturated rings. The third-order valence-electron chi connectivity index (χ3n) is 5.41. The monoisotopic (exact) mass is 443 g/mol. The molecule has 2 aliphatic heterocycles. The SMILES string of the molecule is CN1C(=O)C(NC(=O)C2=NCCC(Oc3ccccc3)=C2)COc2cc3nccnc3cc21. The summed E-state index contributed by atoms with van der Waals surface area (Å²) in [6, 6.07) is 12.0. The number of carbonyl (C=O) groups excluding carboxylic acids is 2. The van der Waals surface area contributed by atoms with Crippen LogP contribution in [0.4, 0.5) is 5.69 Å². The number of benzene rings is 2. The number of rotatable bonds is 4. The fourth-order valence-corrected chi connectivity index (χ4v) is 3.71. The number of para-hydroxylation sites is 1. The van der Waals surface area contributed by atoms with Crippen molar-refractivity contribution in [2.45, 2.75) is 12.5 Å². The van der Waals surface area contributed by atoms with Crippen LogP contribution in [0.5, 0.6) is 11.5 Å². The average molecular weight is 443 g/mol. The van der Waals surface area contributed by atoms with Gasteiger partial charge in [0.15, 0.2) is 0 Å². The summed E-state index contributed by atoms with van der Waals surface area (Å²) in [4.78, 5) is 40.3. The van der Waals surface area contributed by atoms with Gasteiger partial charge in [0.1, 0.15) is 35.6 Å². The highest BCUT2D eigenvalue weighted by Gasteiger charge is 2.32. The van der Waals surface area contributed by atoms with Gasteiger partial charge in [-0.3, -0.25) is 24.5 Å². The zero-order valence-electron chi connectivity index (χ0n) is 17.9. The highest BCUT2D eigenvalue weighted by molar-refractivity contribution is 6.44. The Hall–Kier alpha value is -4.27. The van der Waals surface area contributed by atoms with Gasteiger partial charge in [-0.15, -0.1) is 0 Å². The quantitative estimate of drug-likeness (QED) is 0.663. The van der Waals surface area contributed by atoms with E-state index >= 15 is 0 Å². The molecular weight excluding hydrogens is 422 g/mol. The van der Waals surface area contributed by atoms with Crippen molar-refractivity contribution in [3.05, 3.63) is 66.7 Å². The maximum atomic E-state index is 13.1. The van der Waals surface area contributed by atoms with Crippen LogP contribution < -0.4 is 19.7 Å². The van der Waals surface area contributed by atoms with Gasteiger partial charge in [0.25, 0.3) is 11.8 Å². The molecule has 0 spiro atoms. The zero-order valence-corrected chi connectivity index (χ0v) is 17.9. The van der Waals surface area contributed by atoms with Crippen molar-refractivity contribution in [2.24, 2.45) is 4.99 Å². The lowest BCUT2D eigenvalue weighted by molar-refractivity contribution is -0.124. The number of hydrogen-bond acceptors (Lipinski definition) is 7. The molecule has 2 aliphatic rings. The van der Waals surface area contributed by atoms with Crippen LogP contribution in [0.15, 0.2) is 71.7 Å². The minimum Gasteiger partial charge on any atom is -0.489 e. The molecule has 2 amide bonds. The fraction of sp³-hybridized carbons (Fsp3) is 0.208. The molecule has 33 heavy (non-hydrogen) atoms. The molecule has 166 valence electrons. The second kappa shape index (κ2) is 8.70. The van der Waals surface area contributed by atoms with Crippen molar-refractivity contribution >= 4 is 34.2 Å². The van der Waals surface area contributed by atoms with E-state index in [9.17, 15) is 9.59 Å². The van der Waals surface area contributed by atoms with Crippen LogP contribution in [-0.4, -0.2) is 53.7 Å². The van der Waals surface area contributed by atoms with Crippen LogP contribution in [-0.2, 0) is 9.59 Å². The highest BCUT2D eigenvalue weighted by Crippen LogP contribution is 2.33. The second-order valence-electron chi connectivity index (χ2n) is 7.64. The number of dihydropyridines is 1. The van der Waals surface area contributed by atoms with Crippen LogP contribution in [0.3, 0.4) is 0 Å². The van der Waals surface area contributed by atoms with Crippen molar-refractivity contribution in [1.29, 1.82) is 0 Å². The Morgan fingerprint density at radius 1 is 1.15 bits per heavy atom. The van der Waals surface area contributed by atoms with Crippen LogP contribution in [0.2, 0.25) is 0 Å². The number of aliphatic imine (C=N–C) groups is 1. The summed E-state index contributed by atoms with van der Waals surface area (Å²) < 4.78 is 11.7. The third-order valence-corrected chi connectivity index (χ3v) is 5.41. The fourth-order valence-electron chi connectivity index (χ4n) is 3.71. The lowest BCUT2D eigenvalue weighted by Crippen LogP contribution is -2.51. The van der Waals surface area contributed by atoms with Crippen molar-refractivity contribution in [3.8, 4) is 11.5 Å². The molecule has 0 saturated carbocycles. The molecule has 1 N–H and O–H groups in total. The van der Waals surface area contributed by atoms with E-state index in [1.807, 2.05) is 30.3 Å². The number of carbonyl (C=O) groups is 2. The normalized spacial score (nSPS) is 17.9. The van der Waals surface area contributed by atoms with Crippen molar-refractivity contribution < 1.29 is 19.1 Å². The van der Waals surface area contributed by atoms with E-state index in [0.717, 1.165) is 0 Å². The summed E-state index contributed by atoms with van der Waals surface area (Å²) in [6.07, 6.45) is 5.38. The first-order chi connectivity index (χ1) is 16.1. The summed E-state index contributed by atoms with van der Waals surface area (Å²) in [5.41, 5.74) is 2.09. The highest BCUT2D eigenvalue weighted by atomic mass is 16.5.